The first kappa shape index (κ1) is 19.2. The Hall–Kier alpha value is -3.62. The lowest BCUT2D eigenvalue weighted by molar-refractivity contribution is -0.274. The number of alkyl halides is 3. The van der Waals surface area contributed by atoms with Gasteiger partial charge in [-0.1, -0.05) is 30.0 Å². The lowest BCUT2D eigenvalue weighted by Gasteiger charge is -2.09. The predicted octanol–water partition coefficient (Wildman–Crippen LogP) is 4.20. The third-order valence-corrected chi connectivity index (χ3v) is 3.68. The fourth-order valence-electron chi connectivity index (χ4n) is 2.45. The maximum atomic E-state index is 12.2. The second kappa shape index (κ2) is 7.95. The van der Waals surface area contributed by atoms with Crippen molar-refractivity contribution in [2.24, 2.45) is 0 Å². The molecule has 1 heterocycles. The number of hydrogen-bond acceptors (Lipinski definition) is 5. The van der Waals surface area contributed by atoms with Gasteiger partial charge >= 0.3 is 6.36 Å². The summed E-state index contributed by atoms with van der Waals surface area (Å²) in [6, 6.07) is 10.2. The van der Waals surface area contributed by atoms with Gasteiger partial charge in [-0.3, -0.25) is 4.79 Å². The highest BCUT2D eigenvalue weighted by Crippen LogP contribution is 2.25. The molecule has 0 aliphatic rings. The van der Waals surface area contributed by atoms with E-state index in [2.05, 4.69) is 21.6 Å². The number of nitrogens with zero attached hydrogens (tertiary/aromatic N) is 3. The third-order valence-electron chi connectivity index (χ3n) is 3.68. The van der Waals surface area contributed by atoms with E-state index < -0.39 is 6.36 Å². The highest BCUT2D eigenvalue weighted by Gasteiger charge is 2.30. The average Bonchev–Trinajstić information content (AvgIpc) is 3.14. The van der Waals surface area contributed by atoms with Crippen molar-refractivity contribution >= 4 is 12.4 Å². The van der Waals surface area contributed by atoms with E-state index in [1.807, 2.05) is 0 Å². The number of halogens is 3. The SMILES string of the molecule is C=Cc1c(C=O)cccc1OCc1cn(-c2ccc(OC(F)(F)F)cc2)nn1. The van der Waals surface area contributed by atoms with Crippen LogP contribution < -0.4 is 9.47 Å². The maximum Gasteiger partial charge on any atom is 0.573 e. The quantitative estimate of drug-likeness (QED) is 0.567. The number of aldehydes is 1. The number of benzene rings is 2. The van der Waals surface area contributed by atoms with E-state index in [-0.39, 0.29) is 12.4 Å². The standard InChI is InChI=1S/C19H14F3N3O3/c1-2-17-13(11-26)4-3-5-18(17)27-12-14-10-25(24-23-14)15-6-8-16(9-7-15)28-19(20,21)22/h2-11H,1,12H2. The van der Waals surface area contributed by atoms with Crippen LogP contribution in [0.3, 0.4) is 0 Å². The van der Waals surface area contributed by atoms with Gasteiger partial charge in [-0.2, -0.15) is 0 Å². The summed E-state index contributed by atoms with van der Waals surface area (Å²) in [6.45, 7) is 3.76. The minimum Gasteiger partial charge on any atom is -0.487 e. The van der Waals surface area contributed by atoms with Crippen LogP contribution in [-0.4, -0.2) is 27.6 Å². The van der Waals surface area contributed by atoms with Crippen LogP contribution in [-0.2, 0) is 6.61 Å². The van der Waals surface area contributed by atoms with E-state index in [1.165, 1.54) is 35.0 Å². The Morgan fingerprint density at radius 3 is 2.54 bits per heavy atom. The molecule has 9 heteroatoms. The largest absolute Gasteiger partial charge is 0.573 e. The smallest absolute Gasteiger partial charge is 0.487 e. The molecule has 6 nitrogen and oxygen atoms in total. The fourth-order valence-corrected chi connectivity index (χ4v) is 2.45. The van der Waals surface area contributed by atoms with Crippen molar-refractivity contribution in [2.45, 2.75) is 13.0 Å². The van der Waals surface area contributed by atoms with Gasteiger partial charge in [0.1, 0.15) is 23.8 Å². The fraction of sp³-hybridized carbons (Fsp3) is 0.105. The van der Waals surface area contributed by atoms with Crippen LogP contribution >= 0.6 is 0 Å². The lowest BCUT2D eigenvalue weighted by atomic mass is 10.1. The molecule has 0 amide bonds. The molecule has 0 atom stereocenters. The Morgan fingerprint density at radius 1 is 1.14 bits per heavy atom. The van der Waals surface area contributed by atoms with E-state index in [9.17, 15) is 18.0 Å². The van der Waals surface area contributed by atoms with Crippen molar-refractivity contribution in [3.63, 3.8) is 0 Å². The van der Waals surface area contributed by atoms with Crippen LogP contribution in [0.25, 0.3) is 11.8 Å². The van der Waals surface area contributed by atoms with Gasteiger partial charge in [-0.25, -0.2) is 4.68 Å². The molecular formula is C19H14F3N3O3. The first-order valence-corrected chi connectivity index (χ1v) is 8.00. The summed E-state index contributed by atoms with van der Waals surface area (Å²) in [7, 11) is 0. The topological polar surface area (TPSA) is 66.2 Å². The first-order valence-electron chi connectivity index (χ1n) is 8.00. The molecule has 144 valence electrons. The number of ether oxygens (including phenoxy) is 2. The molecule has 28 heavy (non-hydrogen) atoms. The summed E-state index contributed by atoms with van der Waals surface area (Å²) in [5.74, 6) is 0.148. The van der Waals surface area contributed by atoms with E-state index in [4.69, 9.17) is 4.74 Å². The number of carbonyl (C=O) groups is 1. The molecule has 0 N–H and O–H groups in total. The first-order chi connectivity index (χ1) is 13.4. The monoisotopic (exact) mass is 389 g/mol. The molecule has 3 rings (SSSR count). The molecule has 1 aromatic heterocycles. The minimum atomic E-state index is -4.75. The van der Waals surface area contributed by atoms with Gasteiger partial charge in [-0.15, -0.1) is 18.3 Å². The summed E-state index contributed by atoms with van der Waals surface area (Å²) < 4.78 is 47.5. The molecule has 2 aromatic carbocycles. The van der Waals surface area contributed by atoms with Gasteiger partial charge in [0.25, 0.3) is 0 Å². The summed E-state index contributed by atoms with van der Waals surface area (Å²) in [4.78, 5) is 11.1. The second-order valence-electron chi connectivity index (χ2n) is 5.57. The summed E-state index contributed by atoms with van der Waals surface area (Å²) in [5, 5.41) is 7.90. The Balaban J connectivity index is 1.70. The van der Waals surface area contributed by atoms with Crippen molar-refractivity contribution in [1.82, 2.24) is 15.0 Å². The van der Waals surface area contributed by atoms with Gasteiger partial charge in [0.2, 0.25) is 0 Å². The Morgan fingerprint density at radius 2 is 1.89 bits per heavy atom. The van der Waals surface area contributed by atoms with Crippen molar-refractivity contribution in [1.29, 1.82) is 0 Å². The maximum absolute atomic E-state index is 12.2. The molecular weight excluding hydrogens is 375 g/mol. The van der Waals surface area contributed by atoms with Crippen LogP contribution in [0, 0.1) is 0 Å². The van der Waals surface area contributed by atoms with Crippen LogP contribution in [0.4, 0.5) is 13.2 Å². The zero-order chi connectivity index (χ0) is 20.1. The normalized spacial score (nSPS) is 11.1. The zero-order valence-electron chi connectivity index (χ0n) is 14.4. The Labute approximate surface area is 157 Å². The molecule has 3 aromatic rings. The second-order valence-corrected chi connectivity index (χ2v) is 5.57. The van der Waals surface area contributed by atoms with Gasteiger partial charge in [-0.05, 0) is 30.3 Å². The van der Waals surface area contributed by atoms with E-state index in [0.717, 1.165) is 0 Å². The van der Waals surface area contributed by atoms with E-state index in [0.29, 0.717) is 34.5 Å². The van der Waals surface area contributed by atoms with Gasteiger partial charge < -0.3 is 9.47 Å². The van der Waals surface area contributed by atoms with Gasteiger partial charge in [0.05, 0.1) is 11.9 Å². The molecule has 0 saturated heterocycles. The highest BCUT2D eigenvalue weighted by atomic mass is 19.4. The van der Waals surface area contributed by atoms with Crippen molar-refractivity contribution in [2.75, 3.05) is 0 Å². The van der Waals surface area contributed by atoms with E-state index >= 15 is 0 Å². The minimum absolute atomic E-state index is 0.0818. The Kier molecular flexibility index (Phi) is 5.44. The molecule has 0 spiro atoms. The van der Waals surface area contributed by atoms with Crippen molar-refractivity contribution < 1.29 is 27.4 Å². The molecule has 0 radical (unpaired) electrons. The van der Waals surface area contributed by atoms with Crippen LogP contribution in [0.5, 0.6) is 11.5 Å². The van der Waals surface area contributed by atoms with Gasteiger partial charge in [0, 0.05) is 11.1 Å². The third kappa shape index (κ3) is 4.56. The lowest BCUT2D eigenvalue weighted by Crippen LogP contribution is -2.17. The molecule has 0 fully saturated rings. The Bertz CT molecular complexity index is 982. The zero-order valence-corrected chi connectivity index (χ0v) is 14.4. The number of hydrogen-bond donors (Lipinski definition) is 0. The number of rotatable bonds is 7. The highest BCUT2D eigenvalue weighted by molar-refractivity contribution is 5.83. The van der Waals surface area contributed by atoms with Crippen LogP contribution in [0.2, 0.25) is 0 Å². The average molecular weight is 389 g/mol. The number of aromatic nitrogens is 3. The van der Waals surface area contributed by atoms with Crippen LogP contribution in [0.15, 0.2) is 55.2 Å². The summed E-state index contributed by atoms with van der Waals surface area (Å²) in [6.07, 6.45) is -0.922. The summed E-state index contributed by atoms with van der Waals surface area (Å²) >= 11 is 0. The van der Waals surface area contributed by atoms with Crippen molar-refractivity contribution in [3.8, 4) is 17.2 Å². The van der Waals surface area contributed by atoms with Crippen molar-refractivity contribution in [3.05, 3.63) is 72.1 Å². The predicted molar refractivity (Wildman–Crippen MR) is 94.3 cm³/mol. The molecule has 0 bridgehead atoms. The summed E-state index contributed by atoms with van der Waals surface area (Å²) in [5.41, 5.74) is 2.02. The van der Waals surface area contributed by atoms with Gasteiger partial charge in [0.15, 0.2) is 6.29 Å². The molecule has 0 unspecified atom stereocenters. The molecule has 0 aliphatic heterocycles. The molecule has 0 saturated carbocycles. The molecule has 0 aliphatic carbocycles. The van der Waals surface area contributed by atoms with Crippen LogP contribution in [0.1, 0.15) is 21.6 Å². The number of carbonyl (C=O) groups excluding carboxylic acids is 1. The van der Waals surface area contributed by atoms with E-state index in [1.54, 1.807) is 24.4 Å².